The number of aryl methyl sites for hydroxylation is 1. The summed E-state index contributed by atoms with van der Waals surface area (Å²) < 4.78 is 5.56. The first-order valence-electron chi connectivity index (χ1n) is 10.1. The highest BCUT2D eigenvalue weighted by molar-refractivity contribution is 5.70. The predicted molar refractivity (Wildman–Crippen MR) is 113 cm³/mol. The molecule has 7 heteroatoms. The number of nitrogens with zero attached hydrogens (tertiary/aromatic N) is 5. The van der Waals surface area contributed by atoms with Crippen molar-refractivity contribution in [1.82, 2.24) is 24.8 Å². The standard InChI is InChI=1S/C23H25N5O2/c1-18-6-9-25-21(14-18)15-19-2-4-22(5-3-19)30-23(29)28-12-10-27(11-13-28)16-20-7-8-24-17-26-20/h2-9,14,17H,10-13,15-16H2,1H3. The molecule has 0 N–H and O–H groups in total. The average Bonchev–Trinajstić information content (AvgIpc) is 2.76. The highest BCUT2D eigenvalue weighted by atomic mass is 16.6. The van der Waals surface area contributed by atoms with Gasteiger partial charge in [0, 0.05) is 57.2 Å². The molecule has 30 heavy (non-hydrogen) atoms. The number of carbonyl (C=O) groups is 1. The Bertz CT molecular complexity index is 970. The Labute approximate surface area is 176 Å². The lowest BCUT2D eigenvalue weighted by molar-refractivity contribution is 0.107. The minimum absolute atomic E-state index is 0.301. The van der Waals surface area contributed by atoms with Gasteiger partial charge in [-0.15, -0.1) is 0 Å². The maximum absolute atomic E-state index is 12.5. The van der Waals surface area contributed by atoms with E-state index in [1.807, 2.05) is 42.6 Å². The minimum atomic E-state index is -0.301. The highest BCUT2D eigenvalue weighted by Gasteiger charge is 2.22. The van der Waals surface area contributed by atoms with Gasteiger partial charge in [0.2, 0.25) is 0 Å². The SMILES string of the molecule is Cc1ccnc(Cc2ccc(OC(=O)N3CCN(Cc4ccncn4)CC3)cc2)c1. The summed E-state index contributed by atoms with van der Waals surface area (Å²) >= 11 is 0. The Morgan fingerprint density at radius 1 is 0.967 bits per heavy atom. The molecule has 0 atom stereocenters. The Balaban J connectivity index is 1.26. The number of rotatable bonds is 5. The summed E-state index contributed by atoms with van der Waals surface area (Å²) in [6.45, 7) is 5.69. The second kappa shape index (κ2) is 9.45. The molecule has 1 amide bonds. The first kappa shape index (κ1) is 20.0. The molecule has 1 aliphatic heterocycles. The zero-order valence-electron chi connectivity index (χ0n) is 17.1. The van der Waals surface area contributed by atoms with Crippen molar-refractivity contribution in [3.63, 3.8) is 0 Å². The third-order valence-electron chi connectivity index (χ3n) is 5.15. The molecule has 2 aromatic heterocycles. The zero-order chi connectivity index (χ0) is 20.8. The van der Waals surface area contributed by atoms with Crippen molar-refractivity contribution in [2.24, 2.45) is 0 Å². The van der Waals surface area contributed by atoms with Gasteiger partial charge in [0.1, 0.15) is 12.1 Å². The van der Waals surface area contributed by atoms with Crippen LogP contribution in [0.25, 0.3) is 0 Å². The van der Waals surface area contributed by atoms with E-state index in [1.54, 1.807) is 17.4 Å². The largest absolute Gasteiger partial charge is 0.415 e. The van der Waals surface area contributed by atoms with E-state index in [4.69, 9.17) is 4.74 Å². The van der Waals surface area contributed by atoms with E-state index in [-0.39, 0.29) is 6.09 Å². The van der Waals surface area contributed by atoms with Crippen LogP contribution in [-0.4, -0.2) is 57.0 Å². The fraction of sp³-hybridized carbons (Fsp3) is 0.304. The van der Waals surface area contributed by atoms with E-state index in [2.05, 4.69) is 32.8 Å². The second-order valence-corrected chi connectivity index (χ2v) is 7.48. The molecule has 7 nitrogen and oxygen atoms in total. The van der Waals surface area contributed by atoms with Gasteiger partial charge in [-0.3, -0.25) is 9.88 Å². The molecule has 1 aliphatic rings. The van der Waals surface area contributed by atoms with E-state index in [0.29, 0.717) is 18.8 Å². The van der Waals surface area contributed by atoms with Crippen molar-refractivity contribution >= 4 is 6.09 Å². The van der Waals surface area contributed by atoms with Crippen LogP contribution in [0.4, 0.5) is 4.79 Å². The number of ether oxygens (including phenoxy) is 1. The van der Waals surface area contributed by atoms with Crippen LogP contribution >= 0.6 is 0 Å². The van der Waals surface area contributed by atoms with Crippen LogP contribution in [0.2, 0.25) is 0 Å². The van der Waals surface area contributed by atoms with Crippen molar-refractivity contribution < 1.29 is 9.53 Å². The fourth-order valence-electron chi connectivity index (χ4n) is 3.47. The van der Waals surface area contributed by atoms with Crippen LogP contribution in [0.3, 0.4) is 0 Å². The van der Waals surface area contributed by atoms with Gasteiger partial charge in [0.25, 0.3) is 0 Å². The van der Waals surface area contributed by atoms with E-state index < -0.39 is 0 Å². The minimum Gasteiger partial charge on any atom is -0.410 e. The van der Waals surface area contributed by atoms with E-state index >= 15 is 0 Å². The summed E-state index contributed by atoms with van der Waals surface area (Å²) in [5.41, 5.74) is 4.34. The number of pyridine rings is 1. The molecule has 0 unspecified atom stereocenters. The number of carbonyl (C=O) groups excluding carboxylic acids is 1. The molecule has 0 bridgehead atoms. The third kappa shape index (κ3) is 5.39. The summed E-state index contributed by atoms with van der Waals surface area (Å²) in [5, 5.41) is 0. The van der Waals surface area contributed by atoms with Crippen LogP contribution < -0.4 is 4.74 Å². The van der Waals surface area contributed by atoms with Crippen molar-refractivity contribution in [2.45, 2.75) is 19.9 Å². The van der Waals surface area contributed by atoms with Gasteiger partial charge >= 0.3 is 6.09 Å². The summed E-state index contributed by atoms with van der Waals surface area (Å²) in [4.78, 5) is 29.1. The topological polar surface area (TPSA) is 71.5 Å². The smallest absolute Gasteiger partial charge is 0.410 e. The maximum Gasteiger partial charge on any atom is 0.415 e. The van der Waals surface area contributed by atoms with E-state index in [0.717, 1.165) is 43.0 Å². The molecule has 154 valence electrons. The molecule has 3 heterocycles. The normalized spacial score (nSPS) is 14.5. The zero-order valence-corrected chi connectivity index (χ0v) is 17.1. The summed E-state index contributed by atoms with van der Waals surface area (Å²) in [6.07, 6.45) is 5.59. The van der Waals surface area contributed by atoms with Gasteiger partial charge in [0.05, 0.1) is 5.69 Å². The molecule has 1 aromatic carbocycles. The van der Waals surface area contributed by atoms with Gasteiger partial charge in [-0.25, -0.2) is 14.8 Å². The lowest BCUT2D eigenvalue weighted by atomic mass is 10.1. The summed E-state index contributed by atoms with van der Waals surface area (Å²) in [5.74, 6) is 0.560. The highest BCUT2D eigenvalue weighted by Crippen LogP contribution is 2.17. The maximum atomic E-state index is 12.5. The second-order valence-electron chi connectivity index (χ2n) is 7.48. The number of hydrogen-bond donors (Lipinski definition) is 0. The van der Waals surface area contributed by atoms with Crippen LogP contribution in [0.5, 0.6) is 5.75 Å². The lowest BCUT2D eigenvalue weighted by Gasteiger charge is -2.33. The van der Waals surface area contributed by atoms with Crippen molar-refractivity contribution in [2.75, 3.05) is 26.2 Å². The van der Waals surface area contributed by atoms with Crippen LogP contribution in [-0.2, 0) is 13.0 Å². The number of benzene rings is 1. The van der Waals surface area contributed by atoms with Crippen molar-refractivity contribution in [1.29, 1.82) is 0 Å². The van der Waals surface area contributed by atoms with Crippen LogP contribution in [0.1, 0.15) is 22.5 Å². The number of aromatic nitrogens is 3. The Hall–Kier alpha value is -3.32. The number of hydrogen-bond acceptors (Lipinski definition) is 6. The molecule has 1 fully saturated rings. The molecule has 0 radical (unpaired) electrons. The molecular weight excluding hydrogens is 378 g/mol. The van der Waals surface area contributed by atoms with Gasteiger partial charge in [-0.2, -0.15) is 0 Å². The van der Waals surface area contributed by atoms with E-state index in [1.165, 1.54) is 5.56 Å². The monoisotopic (exact) mass is 403 g/mol. The fourth-order valence-corrected chi connectivity index (χ4v) is 3.47. The van der Waals surface area contributed by atoms with Gasteiger partial charge in [0.15, 0.2) is 0 Å². The van der Waals surface area contributed by atoms with Crippen molar-refractivity contribution in [3.8, 4) is 5.75 Å². The Kier molecular flexibility index (Phi) is 6.29. The first-order valence-corrected chi connectivity index (χ1v) is 10.1. The van der Waals surface area contributed by atoms with Gasteiger partial charge < -0.3 is 9.64 Å². The quantitative estimate of drug-likeness (QED) is 0.652. The lowest BCUT2D eigenvalue weighted by Crippen LogP contribution is -2.49. The number of piperazine rings is 1. The molecule has 4 rings (SSSR count). The summed E-state index contributed by atoms with van der Waals surface area (Å²) in [7, 11) is 0. The van der Waals surface area contributed by atoms with E-state index in [9.17, 15) is 4.79 Å². The van der Waals surface area contributed by atoms with Gasteiger partial charge in [-0.1, -0.05) is 12.1 Å². The first-order chi connectivity index (χ1) is 14.7. The molecular formula is C23H25N5O2. The molecule has 0 saturated carbocycles. The van der Waals surface area contributed by atoms with Crippen LogP contribution in [0.15, 0.2) is 61.2 Å². The molecule has 0 spiro atoms. The predicted octanol–water partition coefficient (Wildman–Crippen LogP) is 3.09. The average molecular weight is 403 g/mol. The van der Waals surface area contributed by atoms with Crippen LogP contribution in [0, 0.1) is 6.92 Å². The Morgan fingerprint density at radius 3 is 2.47 bits per heavy atom. The van der Waals surface area contributed by atoms with Crippen molar-refractivity contribution in [3.05, 3.63) is 83.7 Å². The molecule has 3 aromatic rings. The Morgan fingerprint density at radius 2 is 1.77 bits per heavy atom. The third-order valence-corrected chi connectivity index (χ3v) is 5.15. The molecule has 1 saturated heterocycles. The summed E-state index contributed by atoms with van der Waals surface area (Å²) in [6, 6.07) is 13.6. The number of amides is 1. The molecule has 0 aliphatic carbocycles. The van der Waals surface area contributed by atoms with Gasteiger partial charge in [-0.05, 0) is 48.4 Å².